The Kier molecular flexibility index (Phi) is 2.97. The number of aromatic nitrogens is 2. The molecule has 0 bridgehead atoms. The first-order valence-electron chi connectivity index (χ1n) is 3.93. The number of amides is 1. The van der Waals surface area contributed by atoms with Crippen molar-refractivity contribution in [3.63, 3.8) is 0 Å². The summed E-state index contributed by atoms with van der Waals surface area (Å²) in [6.07, 6.45) is 0. The van der Waals surface area contributed by atoms with Crippen molar-refractivity contribution in [2.24, 2.45) is 5.73 Å². The highest BCUT2D eigenvalue weighted by Gasteiger charge is 2.12. The summed E-state index contributed by atoms with van der Waals surface area (Å²) in [6.45, 7) is 3.81. The average molecular weight is 184 g/mol. The molecule has 0 fully saturated rings. The van der Waals surface area contributed by atoms with E-state index in [0.717, 1.165) is 0 Å². The third-order valence-corrected chi connectivity index (χ3v) is 1.32. The van der Waals surface area contributed by atoms with Crippen LogP contribution < -0.4 is 11.1 Å². The minimum Gasteiger partial charge on any atom is -0.348 e. The Balaban J connectivity index is 2.49. The number of nitrogens with zero attached hydrogens (tertiary/aromatic N) is 2. The number of carbonyl (C=O) groups excluding carboxylic acids is 1. The molecule has 1 amide bonds. The van der Waals surface area contributed by atoms with E-state index in [0.29, 0.717) is 12.4 Å². The van der Waals surface area contributed by atoms with E-state index < -0.39 is 0 Å². The first-order chi connectivity index (χ1) is 6.09. The molecule has 0 aliphatic carbocycles. The van der Waals surface area contributed by atoms with Gasteiger partial charge in [0.25, 0.3) is 11.7 Å². The first-order valence-corrected chi connectivity index (χ1v) is 3.93. The lowest BCUT2D eigenvalue weighted by Crippen LogP contribution is -2.35. The van der Waals surface area contributed by atoms with Crippen molar-refractivity contribution < 1.29 is 9.32 Å². The number of rotatable bonds is 3. The minimum absolute atomic E-state index is 0.0400. The molecule has 1 heterocycles. The summed E-state index contributed by atoms with van der Waals surface area (Å²) in [6, 6.07) is -0.0862. The van der Waals surface area contributed by atoms with Gasteiger partial charge in [-0.1, -0.05) is 5.16 Å². The Labute approximate surface area is 75.5 Å². The van der Waals surface area contributed by atoms with E-state index in [1.165, 1.54) is 0 Å². The van der Waals surface area contributed by atoms with Crippen molar-refractivity contribution in [2.75, 3.05) is 6.54 Å². The molecular weight excluding hydrogens is 172 g/mol. The molecule has 0 spiro atoms. The Hall–Kier alpha value is -1.43. The van der Waals surface area contributed by atoms with Gasteiger partial charge in [-0.05, 0) is 6.92 Å². The van der Waals surface area contributed by atoms with Crippen molar-refractivity contribution >= 4 is 5.91 Å². The van der Waals surface area contributed by atoms with E-state index in [9.17, 15) is 4.79 Å². The molecule has 0 saturated carbocycles. The third-order valence-electron chi connectivity index (χ3n) is 1.32. The van der Waals surface area contributed by atoms with Gasteiger partial charge >= 0.3 is 0 Å². The predicted octanol–water partition coefficient (Wildman–Crippen LogP) is -0.545. The van der Waals surface area contributed by atoms with Gasteiger partial charge in [-0.15, -0.1) is 0 Å². The fraction of sp³-hybridized carbons (Fsp3) is 0.571. The lowest BCUT2D eigenvalue weighted by atomic mass is 10.3. The Bertz CT molecular complexity index is 294. The van der Waals surface area contributed by atoms with Gasteiger partial charge in [-0.2, -0.15) is 4.98 Å². The fourth-order valence-electron chi connectivity index (χ4n) is 0.724. The summed E-state index contributed by atoms with van der Waals surface area (Å²) in [5, 5.41) is 6.02. The largest absolute Gasteiger partial charge is 0.348 e. The second-order valence-corrected chi connectivity index (χ2v) is 2.82. The number of nitrogens with two attached hydrogens (primary N) is 1. The van der Waals surface area contributed by atoms with Gasteiger partial charge in [0.2, 0.25) is 5.89 Å². The molecule has 0 aromatic carbocycles. The maximum absolute atomic E-state index is 11.2. The van der Waals surface area contributed by atoms with Gasteiger partial charge in [0, 0.05) is 19.5 Å². The van der Waals surface area contributed by atoms with E-state index in [1.807, 2.05) is 0 Å². The van der Waals surface area contributed by atoms with Crippen molar-refractivity contribution in [2.45, 2.75) is 19.9 Å². The molecule has 0 radical (unpaired) electrons. The van der Waals surface area contributed by atoms with Gasteiger partial charge in [0.1, 0.15) is 0 Å². The van der Waals surface area contributed by atoms with Gasteiger partial charge in [0.05, 0.1) is 0 Å². The predicted molar refractivity (Wildman–Crippen MR) is 45.0 cm³/mol. The monoisotopic (exact) mass is 184 g/mol. The van der Waals surface area contributed by atoms with E-state index in [-0.39, 0.29) is 17.8 Å². The number of aryl methyl sites for hydroxylation is 1. The van der Waals surface area contributed by atoms with Crippen molar-refractivity contribution in [3.8, 4) is 0 Å². The lowest BCUT2D eigenvalue weighted by Gasteiger charge is -2.04. The Morgan fingerprint density at radius 2 is 2.46 bits per heavy atom. The second kappa shape index (κ2) is 3.99. The smallest absolute Gasteiger partial charge is 0.292 e. The molecule has 1 unspecified atom stereocenters. The van der Waals surface area contributed by atoms with Crippen molar-refractivity contribution in [1.82, 2.24) is 15.5 Å². The number of nitrogens with one attached hydrogen (secondary N) is 1. The highest BCUT2D eigenvalue weighted by Crippen LogP contribution is 1.93. The fourth-order valence-corrected chi connectivity index (χ4v) is 0.724. The first kappa shape index (κ1) is 9.66. The van der Waals surface area contributed by atoms with Gasteiger partial charge in [0.15, 0.2) is 0 Å². The lowest BCUT2D eigenvalue weighted by molar-refractivity contribution is 0.0938. The molecule has 6 heteroatoms. The van der Waals surface area contributed by atoms with Crippen LogP contribution >= 0.6 is 0 Å². The van der Waals surface area contributed by atoms with Crippen LogP contribution in [0.25, 0.3) is 0 Å². The molecule has 13 heavy (non-hydrogen) atoms. The van der Waals surface area contributed by atoms with Crippen LogP contribution in [0.2, 0.25) is 0 Å². The minimum atomic E-state index is -0.367. The molecule has 1 atom stereocenters. The number of hydrogen-bond acceptors (Lipinski definition) is 5. The summed E-state index contributed by atoms with van der Waals surface area (Å²) in [4.78, 5) is 15.0. The van der Waals surface area contributed by atoms with E-state index >= 15 is 0 Å². The van der Waals surface area contributed by atoms with Gasteiger partial charge < -0.3 is 15.6 Å². The molecule has 1 aromatic rings. The summed E-state index contributed by atoms with van der Waals surface area (Å²) in [7, 11) is 0. The highest BCUT2D eigenvalue weighted by molar-refractivity contribution is 5.90. The Morgan fingerprint density at radius 1 is 1.77 bits per heavy atom. The molecule has 72 valence electrons. The summed E-state index contributed by atoms with van der Waals surface area (Å²) in [5.74, 6) is 0.0400. The zero-order valence-electron chi connectivity index (χ0n) is 7.57. The van der Waals surface area contributed by atoms with Crippen LogP contribution in [0, 0.1) is 6.92 Å². The normalized spacial score (nSPS) is 12.5. The van der Waals surface area contributed by atoms with Crippen LogP contribution in [-0.4, -0.2) is 28.6 Å². The highest BCUT2D eigenvalue weighted by atomic mass is 16.5. The molecule has 3 N–H and O–H groups in total. The van der Waals surface area contributed by atoms with Gasteiger partial charge in [-0.25, -0.2) is 0 Å². The van der Waals surface area contributed by atoms with Gasteiger partial charge in [-0.3, -0.25) is 4.79 Å². The van der Waals surface area contributed by atoms with E-state index in [4.69, 9.17) is 5.73 Å². The third kappa shape index (κ3) is 2.83. The molecule has 6 nitrogen and oxygen atoms in total. The Morgan fingerprint density at radius 3 is 2.92 bits per heavy atom. The van der Waals surface area contributed by atoms with Crippen molar-refractivity contribution in [3.05, 3.63) is 11.7 Å². The second-order valence-electron chi connectivity index (χ2n) is 2.82. The number of hydrogen-bond donors (Lipinski definition) is 2. The number of carbonyl (C=O) groups is 1. The maximum Gasteiger partial charge on any atom is 0.292 e. The molecule has 1 rings (SSSR count). The maximum atomic E-state index is 11.2. The standard InChI is InChI=1S/C7H12N4O2/c1-4(8)3-9-7(12)6-10-5(2)13-11-6/h4H,3,8H2,1-2H3,(H,9,12). The molecule has 0 aliphatic rings. The SMILES string of the molecule is Cc1nc(C(=O)NCC(C)N)no1. The molecule has 0 aliphatic heterocycles. The van der Waals surface area contributed by atoms with Crippen LogP contribution in [0.1, 0.15) is 23.4 Å². The van der Waals surface area contributed by atoms with Crippen LogP contribution in [0.4, 0.5) is 0 Å². The zero-order valence-corrected chi connectivity index (χ0v) is 7.57. The molecule has 0 saturated heterocycles. The molecule has 1 aromatic heterocycles. The van der Waals surface area contributed by atoms with E-state index in [1.54, 1.807) is 13.8 Å². The van der Waals surface area contributed by atoms with Crippen molar-refractivity contribution in [1.29, 1.82) is 0 Å². The average Bonchev–Trinajstić information content (AvgIpc) is 2.47. The summed E-state index contributed by atoms with van der Waals surface area (Å²) in [5.41, 5.74) is 5.45. The quantitative estimate of drug-likeness (QED) is 0.657. The zero-order chi connectivity index (χ0) is 9.84. The summed E-state index contributed by atoms with van der Waals surface area (Å²) >= 11 is 0. The van der Waals surface area contributed by atoms with E-state index in [2.05, 4.69) is 20.0 Å². The van der Waals surface area contributed by atoms with Crippen LogP contribution in [-0.2, 0) is 0 Å². The summed E-state index contributed by atoms with van der Waals surface area (Å²) < 4.78 is 4.64. The van der Waals surface area contributed by atoms with Crippen LogP contribution in [0.15, 0.2) is 4.52 Å². The van der Waals surface area contributed by atoms with Crippen LogP contribution in [0.3, 0.4) is 0 Å². The van der Waals surface area contributed by atoms with Crippen LogP contribution in [0.5, 0.6) is 0 Å². The topological polar surface area (TPSA) is 94.0 Å². The molecular formula is C7H12N4O2.